The molecule has 2 aromatic rings. The van der Waals surface area contributed by atoms with Gasteiger partial charge in [-0.05, 0) is 48.7 Å². The Hall–Kier alpha value is -3.30. The Morgan fingerprint density at radius 3 is 2.39 bits per heavy atom. The van der Waals surface area contributed by atoms with Gasteiger partial charge in [-0.15, -0.1) is 0 Å². The van der Waals surface area contributed by atoms with E-state index in [-0.39, 0.29) is 6.03 Å². The third kappa shape index (κ3) is 6.67. The van der Waals surface area contributed by atoms with Crippen LogP contribution in [0.4, 0.5) is 4.79 Å². The van der Waals surface area contributed by atoms with Crippen LogP contribution in [0.1, 0.15) is 24.0 Å². The molecule has 3 rings (SSSR count). The van der Waals surface area contributed by atoms with Crippen molar-refractivity contribution in [1.29, 1.82) is 0 Å². The molecule has 0 aromatic heterocycles. The molecule has 1 saturated heterocycles. The van der Waals surface area contributed by atoms with Crippen LogP contribution in [0.3, 0.4) is 0 Å². The summed E-state index contributed by atoms with van der Waals surface area (Å²) in [6.07, 6.45) is 1.98. The van der Waals surface area contributed by atoms with Gasteiger partial charge in [0.2, 0.25) is 0 Å². The zero-order chi connectivity index (χ0) is 26.0. The van der Waals surface area contributed by atoms with Crippen molar-refractivity contribution in [2.75, 3.05) is 54.7 Å². The quantitative estimate of drug-likeness (QED) is 0.449. The average Bonchev–Trinajstić information content (AvgIpc) is 2.93. The maximum atomic E-state index is 13.3. The molecule has 0 atom stereocenters. The van der Waals surface area contributed by atoms with Crippen LogP contribution in [0.2, 0.25) is 0 Å². The van der Waals surface area contributed by atoms with E-state index in [1.807, 2.05) is 42.5 Å². The lowest BCUT2D eigenvalue weighted by Crippen LogP contribution is -2.61. The molecule has 0 radical (unpaired) electrons. The second-order valence-electron chi connectivity index (χ2n) is 8.83. The Bertz CT molecular complexity index is 1010. The lowest BCUT2D eigenvalue weighted by atomic mass is 9.86. The first-order valence-corrected chi connectivity index (χ1v) is 12.1. The second-order valence-corrected chi connectivity index (χ2v) is 8.83. The SMILES string of the molecule is COCCN(C(=O)NCc1cccc(OC)c1)C1(C=O)CCN(Cc2cc(OC)ccc2OC)CC1. The highest BCUT2D eigenvalue weighted by atomic mass is 16.5. The fraction of sp³-hybridized carbons (Fsp3) is 0.481. The molecule has 0 saturated carbocycles. The number of hydrogen-bond acceptors (Lipinski definition) is 7. The molecule has 0 spiro atoms. The van der Waals surface area contributed by atoms with Gasteiger partial charge in [-0.2, -0.15) is 0 Å². The largest absolute Gasteiger partial charge is 0.497 e. The van der Waals surface area contributed by atoms with E-state index in [0.717, 1.165) is 34.7 Å². The molecule has 1 N–H and O–H groups in total. The van der Waals surface area contributed by atoms with Gasteiger partial charge in [0, 0.05) is 45.4 Å². The van der Waals surface area contributed by atoms with E-state index in [4.69, 9.17) is 18.9 Å². The van der Waals surface area contributed by atoms with Crippen LogP contribution < -0.4 is 19.5 Å². The first-order valence-electron chi connectivity index (χ1n) is 12.1. The highest BCUT2D eigenvalue weighted by molar-refractivity contribution is 5.80. The maximum Gasteiger partial charge on any atom is 0.318 e. The third-order valence-corrected chi connectivity index (χ3v) is 6.70. The Labute approximate surface area is 213 Å². The molecule has 1 heterocycles. The van der Waals surface area contributed by atoms with Crippen LogP contribution in [-0.2, 0) is 22.6 Å². The summed E-state index contributed by atoms with van der Waals surface area (Å²) >= 11 is 0. The number of methoxy groups -OCH3 is 4. The minimum absolute atomic E-state index is 0.287. The molecular weight excluding hydrogens is 462 g/mol. The fourth-order valence-corrected chi connectivity index (χ4v) is 4.56. The number of carbonyl (C=O) groups is 2. The van der Waals surface area contributed by atoms with Crippen LogP contribution in [0.15, 0.2) is 42.5 Å². The number of piperidine rings is 1. The number of nitrogens with zero attached hydrogens (tertiary/aromatic N) is 2. The van der Waals surface area contributed by atoms with Crippen molar-refractivity contribution in [1.82, 2.24) is 15.1 Å². The number of nitrogens with one attached hydrogen (secondary N) is 1. The van der Waals surface area contributed by atoms with E-state index >= 15 is 0 Å². The molecular formula is C27H37N3O6. The zero-order valence-corrected chi connectivity index (χ0v) is 21.6. The number of likely N-dealkylation sites (tertiary alicyclic amines) is 1. The highest BCUT2D eigenvalue weighted by Crippen LogP contribution is 2.31. The van der Waals surface area contributed by atoms with Gasteiger partial charge in [0.15, 0.2) is 0 Å². The standard InChI is InChI=1S/C27H37N3O6/c1-33-15-14-30(26(32)28-18-21-6-5-7-23(16-21)34-2)27(20-31)10-12-29(13-11-27)19-22-17-24(35-3)8-9-25(22)36-4/h5-9,16-17,20H,10-15,18-19H2,1-4H3,(H,28,32). The van der Waals surface area contributed by atoms with Crippen molar-refractivity contribution in [3.8, 4) is 17.2 Å². The monoisotopic (exact) mass is 499 g/mol. The number of amides is 2. The van der Waals surface area contributed by atoms with Crippen LogP contribution >= 0.6 is 0 Å². The lowest BCUT2D eigenvalue weighted by molar-refractivity contribution is -0.120. The zero-order valence-electron chi connectivity index (χ0n) is 21.6. The van der Waals surface area contributed by atoms with Gasteiger partial charge in [0.1, 0.15) is 29.1 Å². The summed E-state index contributed by atoms with van der Waals surface area (Å²) in [6.45, 7) is 2.97. The van der Waals surface area contributed by atoms with Gasteiger partial charge in [-0.25, -0.2) is 4.79 Å². The van der Waals surface area contributed by atoms with E-state index in [0.29, 0.717) is 52.2 Å². The predicted octanol–water partition coefficient (Wildman–Crippen LogP) is 3.10. The van der Waals surface area contributed by atoms with Gasteiger partial charge < -0.3 is 34.0 Å². The van der Waals surface area contributed by atoms with Crippen molar-refractivity contribution in [2.24, 2.45) is 0 Å². The third-order valence-electron chi connectivity index (χ3n) is 6.70. The minimum atomic E-state index is -0.897. The van der Waals surface area contributed by atoms with Gasteiger partial charge in [-0.1, -0.05) is 12.1 Å². The first-order chi connectivity index (χ1) is 17.5. The lowest BCUT2D eigenvalue weighted by Gasteiger charge is -2.45. The molecule has 9 heteroatoms. The van der Waals surface area contributed by atoms with Crippen LogP contribution in [-0.4, -0.2) is 82.3 Å². The first kappa shape index (κ1) is 27.3. The number of ether oxygens (including phenoxy) is 4. The average molecular weight is 500 g/mol. The molecule has 196 valence electrons. The molecule has 0 unspecified atom stereocenters. The molecule has 0 bridgehead atoms. The Kier molecular flexibility index (Phi) is 9.95. The molecule has 2 aromatic carbocycles. The molecule has 1 fully saturated rings. The Morgan fingerprint density at radius 2 is 1.75 bits per heavy atom. The molecule has 1 aliphatic rings. The molecule has 36 heavy (non-hydrogen) atoms. The smallest absolute Gasteiger partial charge is 0.318 e. The summed E-state index contributed by atoms with van der Waals surface area (Å²) in [6, 6.07) is 13.0. The summed E-state index contributed by atoms with van der Waals surface area (Å²) in [5.41, 5.74) is 1.03. The number of benzene rings is 2. The van der Waals surface area contributed by atoms with Crippen molar-refractivity contribution in [3.05, 3.63) is 53.6 Å². The van der Waals surface area contributed by atoms with E-state index < -0.39 is 5.54 Å². The van der Waals surface area contributed by atoms with Crippen molar-refractivity contribution < 1.29 is 28.5 Å². The van der Waals surface area contributed by atoms with Gasteiger partial charge in [-0.3, -0.25) is 4.90 Å². The predicted molar refractivity (Wildman–Crippen MR) is 137 cm³/mol. The number of urea groups is 1. The molecule has 9 nitrogen and oxygen atoms in total. The summed E-state index contributed by atoms with van der Waals surface area (Å²) in [4.78, 5) is 29.7. The number of rotatable bonds is 12. The summed E-state index contributed by atoms with van der Waals surface area (Å²) in [5.74, 6) is 2.28. The van der Waals surface area contributed by atoms with E-state index in [9.17, 15) is 9.59 Å². The van der Waals surface area contributed by atoms with Crippen molar-refractivity contribution >= 4 is 12.3 Å². The summed E-state index contributed by atoms with van der Waals surface area (Å²) in [5, 5.41) is 2.97. The topological polar surface area (TPSA) is 89.6 Å². The van der Waals surface area contributed by atoms with E-state index in [1.54, 1.807) is 33.3 Å². The number of hydrogen-bond donors (Lipinski definition) is 1. The maximum absolute atomic E-state index is 13.3. The second kappa shape index (κ2) is 13.1. The number of aldehydes is 1. The van der Waals surface area contributed by atoms with Crippen LogP contribution in [0, 0.1) is 0 Å². The number of carbonyl (C=O) groups excluding carboxylic acids is 2. The van der Waals surface area contributed by atoms with Gasteiger partial charge >= 0.3 is 6.03 Å². The van der Waals surface area contributed by atoms with Crippen LogP contribution in [0.5, 0.6) is 17.2 Å². The van der Waals surface area contributed by atoms with E-state index in [1.165, 1.54) is 0 Å². The van der Waals surface area contributed by atoms with Crippen molar-refractivity contribution in [2.45, 2.75) is 31.5 Å². The minimum Gasteiger partial charge on any atom is -0.497 e. The summed E-state index contributed by atoms with van der Waals surface area (Å²) in [7, 11) is 6.48. The highest BCUT2D eigenvalue weighted by Gasteiger charge is 2.42. The molecule has 1 aliphatic heterocycles. The Morgan fingerprint density at radius 1 is 1.03 bits per heavy atom. The van der Waals surface area contributed by atoms with Gasteiger partial charge in [0.25, 0.3) is 0 Å². The van der Waals surface area contributed by atoms with Crippen LogP contribution in [0.25, 0.3) is 0 Å². The molecule has 0 aliphatic carbocycles. The molecule has 2 amide bonds. The fourth-order valence-electron chi connectivity index (χ4n) is 4.56. The van der Waals surface area contributed by atoms with Gasteiger partial charge in [0.05, 0.1) is 27.9 Å². The summed E-state index contributed by atoms with van der Waals surface area (Å²) < 4.78 is 21.4. The normalized spacial score (nSPS) is 15.1. The Balaban J connectivity index is 1.69. The van der Waals surface area contributed by atoms with Crippen molar-refractivity contribution in [3.63, 3.8) is 0 Å². The van der Waals surface area contributed by atoms with E-state index in [2.05, 4.69) is 10.2 Å².